The van der Waals surface area contributed by atoms with Crippen molar-refractivity contribution < 1.29 is 17.9 Å². The number of anilines is 1. The molecule has 2 nitrogen and oxygen atoms in total. The Hall–Kier alpha value is -0.880. The molecule has 1 N–H and O–H groups in total. The maximum Gasteiger partial charge on any atom is 0.398 e. The standard InChI is InChI=1S/C14H18F3NOS/c1-10-8-11(6-7-19-10)18-12-4-2-3-5-13(12)20-9-14(15,16)17/h2-5,10-11,18H,6-9H2,1H3. The molecule has 0 aromatic heterocycles. The van der Waals surface area contributed by atoms with Crippen LogP contribution in [0.15, 0.2) is 29.2 Å². The van der Waals surface area contributed by atoms with E-state index < -0.39 is 11.9 Å². The molecule has 6 heteroatoms. The van der Waals surface area contributed by atoms with Crippen LogP contribution in [-0.4, -0.2) is 30.7 Å². The van der Waals surface area contributed by atoms with E-state index in [9.17, 15) is 13.2 Å². The minimum Gasteiger partial charge on any atom is -0.381 e. The maximum atomic E-state index is 12.3. The number of nitrogens with one attached hydrogen (secondary N) is 1. The van der Waals surface area contributed by atoms with Gasteiger partial charge in [0.25, 0.3) is 0 Å². The molecule has 0 radical (unpaired) electrons. The quantitative estimate of drug-likeness (QED) is 0.837. The number of hydrogen-bond acceptors (Lipinski definition) is 3. The lowest BCUT2D eigenvalue weighted by Gasteiger charge is -2.29. The number of halogens is 3. The third-order valence-electron chi connectivity index (χ3n) is 3.12. The van der Waals surface area contributed by atoms with E-state index in [2.05, 4.69) is 5.32 Å². The topological polar surface area (TPSA) is 21.3 Å². The van der Waals surface area contributed by atoms with Crippen molar-refractivity contribution in [3.05, 3.63) is 24.3 Å². The zero-order chi connectivity index (χ0) is 14.6. The first-order valence-electron chi connectivity index (χ1n) is 6.61. The van der Waals surface area contributed by atoms with E-state index >= 15 is 0 Å². The first-order chi connectivity index (χ1) is 9.44. The van der Waals surface area contributed by atoms with E-state index in [4.69, 9.17) is 4.74 Å². The highest BCUT2D eigenvalue weighted by Gasteiger charge is 2.28. The van der Waals surface area contributed by atoms with Crippen LogP contribution in [-0.2, 0) is 4.74 Å². The van der Waals surface area contributed by atoms with Crippen LogP contribution < -0.4 is 5.32 Å². The van der Waals surface area contributed by atoms with Gasteiger partial charge in [0, 0.05) is 23.2 Å². The summed E-state index contributed by atoms with van der Waals surface area (Å²) < 4.78 is 42.4. The Labute approximate surface area is 121 Å². The van der Waals surface area contributed by atoms with Crippen LogP contribution in [0.4, 0.5) is 18.9 Å². The van der Waals surface area contributed by atoms with Gasteiger partial charge >= 0.3 is 6.18 Å². The van der Waals surface area contributed by atoms with Gasteiger partial charge < -0.3 is 10.1 Å². The van der Waals surface area contributed by atoms with E-state index in [-0.39, 0.29) is 12.1 Å². The summed E-state index contributed by atoms with van der Waals surface area (Å²) in [6, 6.07) is 7.41. The summed E-state index contributed by atoms with van der Waals surface area (Å²) in [6.07, 6.45) is -2.21. The third kappa shape index (κ3) is 4.90. The Kier molecular flexibility index (Phi) is 5.21. The van der Waals surface area contributed by atoms with Crippen molar-refractivity contribution in [2.75, 3.05) is 17.7 Å². The largest absolute Gasteiger partial charge is 0.398 e. The summed E-state index contributed by atoms with van der Waals surface area (Å²) >= 11 is 0.825. The van der Waals surface area contributed by atoms with E-state index in [1.807, 2.05) is 19.1 Å². The molecule has 112 valence electrons. The Morgan fingerprint density at radius 2 is 2.10 bits per heavy atom. The smallest absolute Gasteiger partial charge is 0.381 e. The number of alkyl halides is 3. The Bertz CT molecular complexity index is 439. The fourth-order valence-corrected chi connectivity index (χ4v) is 3.00. The third-order valence-corrected chi connectivity index (χ3v) is 4.26. The lowest BCUT2D eigenvalue weighted by molar-refractivity contribution is -0.105. The molecule has 0 aliphatic carbocycles. The molecule has 2 unspecified atom stereocenters. The molecule has 1 saturated heterocycles. The maximum absolute atomic E-state index is 12.3. The number of ether oxygens (including phenoxy) is 1. The molecule has 1 heterocycles. The number of para-hydroxylation sites is 1. The van der Waals surface area contributed by atoms with Gasteiger partial charge in [-0.2, -0.15) is 13.2 Å². The fraction of sp³-hybridized carbons (Fsp3) is 0.571. The second kappa shape index (κ2) is 6.72. The summed E-state index contributed by atoms with van der Waals surface area (Å²) in [4.78, 5) is 0.643. The number of rotatable bonds is 4. The van der Waals surface area contributed by atoms with Crippen LogP contribution in [0.3, 0.4) is 0 Å². The molecule has 1 aliphatic rings. The van der Waals surface area contributed by atoms with Crippen LogP contribution in [0, 0.1) is 0 Å². The second-order valence-electron chi connectivity index (χ2n) is 4.95. The van der Waals surface area contributed by atoms with Crippen molar-refractivity contribution in [1.82, 2.24) is 0 Å². The van der Waals surface area contributed by atoms with Crippen molar-refractivity contribution in [2.45, 2.75) is 43.0 Å². The zero-order valence-corrected chi connectivity index (χ0v) is 12.1. The Morgan fingerprint density at radius 3 is 2.80 bits per heavy atom. The summed E-state index contributed by atoms with van der Waals surface area (Å²) in [5.41, 5.74) is 0.779. The molecular formula is C14H18F3NOS. The molecule has 2 atom stereocenters. The van der Waals surface area contributed by atoms with Crippen LogP contribution in [0.5, 0.6) is 0 Å². The molecule has 0 amide bonds. The molecule has 2 rings (SSSR count). The average Bonchev–Trinajstić information content (AvgIpc) is 2.37. The predicted molar refractivity (Wildman–Crippen MR) is 75.3 cm³/mol. The van der Waals surface area contributed by atoms with Gasteiger partial charge in [-0.15, -0.1) is 11.8 Å². The van der Waals surface area contributed by atoms with Gasteiger partial charge in [0.15, 0.2) is 0 Å². The predicted octanol–water partition coefficient (Wildman–Crippen LogP) is 4.32. The van der Waals surface area contributed by atoms with Crippen LogP contribution in [0.2, 0.25) is 0 Å². The highest BCUT2D eigenvalue weighted by Crippen LogP contribution is 2.33. The van der Waals surface area contributed by atoms with Crippen molar-refractivity contribution >= 4 is 17.4 Å². The van der Waals surface area contributed by atoms with E-state index in [0.717, 1.165) is 30.3 Å². The minimum atomic E-state index is -4.15. The average molecular weight is 305 g/mol. The minimum absolute atomic E-state index is 0.191. The van der Waals surface area contributed by atoms with Gasteiger partial charge in [-0.05, 0) is 31.9 Å². The summed E-state index contributed by atoms with van der Waals surface area (Å²) in [6.45, 7) is 2.70. The zero-order valence-electron chi connectivity index (χ0n) is 11.2. The fourth-order valence-electron chi connectivity index (χ4n) is 2.22. The highest BCUT2D eigenvalue weighted by atomic mass is 32.2. The van der Waals surface area contributed by atoms with Gasteiger partial charge in [-0.3, -0.25) is 0 Å². The Balaban J connectivity index is 2.00. The van der Waals surface area contributed by atoms with E-state index in [1.165, 1.54) is 0 Å². The van der Waals surface area contributed by atoms with Crippen LogP contribution in [0.1, 0.15) is 19.8 Å². The first kappa shape index (κ1) is 15.5. The van der Waals surface area contributed by atoms with Crippen LogP contribution in [0.25, 0.3) is 0 Å². The Morgan fingerprint density at radius 1 is 1.35 bits per heavy atom. The van der Waals surface area contributed by atoms with Gasteiger partial charge in [0.1, 0.15) is 0 Å². The molecule has 1 aromatic carbocycles. The molecule has 0 saturated carbocycles. The number of thioether (sulfide) groups is 1. The van der Waals surface area contributed by atoms with Gasteiger partial charge in [-0.1, -0.05) is 12.1 Å². The van der Waals surface area contributed by atoms with Crippen molar-refractivity contribution in [2.24, 2.45) is 0 Å². The van der Waals surface area contributed by atoms with Crippen molar-refractivity contribution in [3.63, 3.8) is 0 Å². The molecule has 1 aromatic rings. The molecule has 20 heavy (non-hydrogen) atoms. The van der Waals surface area contributed by atoms with Crippen molar-refractivity contribution in [1.29, 1.82) is 0 Å². The van der Waals surface area contributed by atoms with E-state index in [0.29, 0.717) is 11.5 Å². The molecule has 0 bridgehead atoms. The summed E-state index contributed by atoms with van der Waals surface area (Å²) in [5, 5.41) is 3.35. The van der Waals surface area contributed by atoms with Crippen LogP contribution >= 0.6 is 11.8 Å². The molecule has 1 aliphatic heterocycles. The molecule has 0 spiro atoms. The van der Waals surface area contributed by atoms with Gasteiger partial charge in [0.05, 0.1) is 11.9 Å². The van der Waals surface area contributed by atoms with E-state index in [1.54, 1.807) is 12.1 Å². The number of benzene rings is 1. The molecular weight excluding hydrogens is 287 g/mol. The van der Waals surface area contributed by atoms with Gasteiger partial charge in [0.2, 0.25) is 0 Å². The normalized spacial score (nSPS) is 23.6. The lowest BCUT2D eigenvalue weighted by atomic mass is 10.0. The van der Waals surface area contributed by atoms with Gasteiger partial charge in [-0.25, -0.2) is 0 Å². The highest BCUT2D eigenvalue weighted by molar-refractivity contribution is 7.99. The lowest BCUT2D eigenvalue weighted by Crippen LogP contribution is -2.32. The second-order valence-corrected chi connectivity index (χ2v) is 5.96. The van der Waals surface area contributed by atoms with Crippen molar-refractivity contribution in [3.8, 4) is 0 Å². The summed E-state index contributed by atoms with van der Waals surface area (Å²) in [5.74, 6) is -0.865. The number of hydrogen-bond donors (Lipinski definition) is 1. The SMILES string of the molecule is CC1CC(Nc2ccccc2SCC(F)(F)F)CCO1. The monoisotopic (exact) mass is 305 g/mol. The first-order valence-corrected chi connectivity index (χ1v) is 7.59. The molecule has 1 fully saturated rings. The summed E-state index contributed by atoms with van der Waals surface area (Å²) in [7, 11) is 0.